The number of rotatable bonds is 7. The molecule has 0 aliphatic rings. The number of aliphatic hydroxyl groups is 1. The maximum absolute atomic E-state index is 12.1. The Bertz CT molecular complexity index is 1480. The quantitative estimate of drug-likeness (QED) is 0.338. The zero-order chi connectivity index (χ0) is 23.5. The summed E-state index contributed by atoms with van der Waals surface area (Å²) in [6, 6.07) is 16.1. The summed E-state index contributed by atoms with van der Waals surface area (Å²) < 4.78 is 7.23. The number of hydrogen-bond acceptors (Lipinski definition) is 9. The molecular formula is C24H21N7O3. The van der Waals surface area contributed by atoms with Crippen molar-refractivity contribution in [2.24, 2.45) is 7.05 Å². The lowest BCUT2D eigenvalue weighted by Gasteiger charge is -2.19. The van der Waals surface area contributed by atoms with Crippen molar-refractivity contribution in [3.63, 3.8) is 0 Å². The molecule has 5 aromatic rings. The molecule has 10 heteroatoms. The molecule has 0 amide bonds. The number of aliphatic hydroxyl groups excluding tert-OH is 1. The summed E-state index contributed by atoms with van der Waals surface area (Å²) in [5.41, 5.74) is 2.85. The second kappa shape index (κ2) is 9.12. The fourth-order valence-electron chi connectivity index (χ4n) is 3.67. The number of aromatic nitrogens is 5. The Hall–Kier alpha value is -4.57. The predicted molar refractivity (Wildman–Crippen MR) is 128 cm³/mol. The number of nitrogens with one attached hydrogen (secondary N) is 2. The summed E-state index contributed by atoms with van der Waals surface area (Å²) in [6.45, 7) is -0.154. The highest BCUT2D eigenvalue weighted by atomic mass is 16.4. The fraction of sp³-hybridized carbons (Fsp3) is 0.125. The van der Waals surface area contributed by atoms with Gasteiger partial charge in [0.1, 0.15) is 5.82 Å². The van der Waals surface area contributed by atoms with Crippen LogP contribution < -0.4 is 16.1 Å². The van der Waals surface area contributed by atoms with E-state index < -0.39 is 6.04 Å². The van der Waals surface area contributed by atoms with Crippen LogP contribution in [0.4, 0.5) is 17.5 Å². The van der Waals surface area contributed by atoms with Gasteiger partial charge >= 0.3 is 0 Å². The monoisotopic (exact) mass is 455 g/mol. The van der Waals surface area contributed by atoms with Gasteiger partial charge in [0, 0.05) is 36.6 Å². The molecule has 10 nitrogen and oxygen atoms in total. The van der Waals surface area contributed by atoms with Crippen LogP contribution in [0.3, 0.4) is 0 Å². The third kappa shape index (κ3) is 4.21. The molecule has 0 radical (unpaired) electrons. The van der Waals surface area contributed by atoms with Gasteiger partial charge in [-0.3, -0.25) is 4.79 Å². The summed E-state index contributed by atoms with van der Waals surface area (Å²) in [5, 5.41) is 24.8. The molecular weight excluding hydrogens is 434 g/mol. The van der Waals surface area contributed by atoms with Gasteiger partial charge in [0.05, 0.1) is 23.7 Å². The zero-order valence-electron chi connectivity index (χ0n) is 18.2. The van der Waals surface area contributed by atoms with Crippen molar-refractivity contribution < 1.29 is 9.52 Å². The molecule has 170 valence electrons. The Balaban J connectivity index is 1.51. The standard InChI is InChI=1S/C24H21N7O3/c1-31-10-9-21(33)17-8-7-16(11-20(17)31)27-24-25-12-18(23-30-26-14-34-23)22(29-24)28-19(13-32)15-5-3-2-4-6-15/h2-12,14,19,32H,13H2,1H3,(H2,25,27,28,29)/t19-/m1/s1. The van der Waals surface area contributed by atoms with Crippen LogP contribution in [0.1, 0.15) is 11.6 Å². The first kappa shape index (κ1) is 21.3. The van der Waals surface area contributed by atoms with Crippen LogP contribution in [0, 0.1) is 0 Å². The fourth-order valence-corrected chi connectivity index (χ4v) is 3.67. The topological polar surface area (TPSA) is 131 Å². The summed E-state index contributed by atoms with van der Waals surface area (Å²) in [5.74, 6) is 0.980. The molecule has 0 aliphatic carbocycles. The van der Waals surface area contributed by atoms with Crippen LogP contribution in [0.25, 0.3) is 22.4 Å². The first-order chi connectivity index (χ1) is 16.6. The van der Waals surface area contributed by atoms with Gasteiger partial charge in [-0.15, -0.1) is 10.2 Å². The Morgan fingerprint density at radius 2 is 2.00 bits per heavy atom. The van der Waals surface area contributed by atoms with Crippen LogP contribution in [0.5, 0.6) is 0 Å². The van der Waals surface area contributed by atoms with Crippen molar-refractivity contribution >= 4 is 28.4 Å². The molecule has 3 N–H and O–H groups in total. The van der Waals surface area contributed by atoms with Crippen molar-refractivity contribution in [3.05, 3.63) is 89.2 Å². The molecule has 3 aromatic heterocycles. The highest BCUT2D eigenvalue weighted by Crippen LogP contribution is 2.29. The number of benzene rings is 2. The predicted octanol–water partition coefficient (Wildman–Crippen LogP) is 3.27. The molecule has 1 atom stereocenters. The number of pyridine rings is 1. The van der Waals surface area contributed by atoms with Crippen molar-refractivity contribution in [1.82, 2.24) is 24.7 Å². The van der Waals surface area contributed by atoms with Crippen LogP contribution in [-0.4, -0.2) is 36.4 Å². The molecule has 0 saturated heterocycles. The lowest BCUT2D eigenvalue weighted by atomic mass is 10.1. The van der Waals surface area contributed by atoms with Crippen molar-refractivity contribution in [2.75, 3.05) is 17.2 Å². The molecule has 0 bridgehead atoms. The SMILES string of the molecule is Cn1ccc(=O)c2ccc(Nc3ncc(-c4nnco4)c(N[C@H](CO)c4ccccc4)n3)cc21. The average Bonchev–Trinajstić information content (AvgIpc) is 3.40. The van der Waals surface area contributed by atoms with Gasteiger partial charge in [0.2, 0.25) is 12.3 Å². The first-order valence-corrected chi connectivity index (χ1v) is 10.5. The van der Waals surface area contributed by atoms with Gasteiger partial charge in [0.15, 0.2) is 5.43 Å². The lowest BCUT2D eigenvalue weighted by Crippen LogP contribution is -2.17. The number of nitrogens with zero attached hydrogens (tertiary/aromatic N) is 5. The van der Waals surface area contributed by atoms with E-state index in [1.54, 1.807) is 24.5 Å². The average molecular weight is 455 g/mol. The Kier molecular flexibility index (Phi) is 5.71. The first-order valence-electron chi connectivity index (χ1n) is 10.5. The van der Waals surface area contributed by atoms with Gasteiger partial charge in [-0.1, -0.05) is 30.3 Å². The van der Waals surface area contributed by atoms with Crippen molar-refractivity contribution in [1.29, 1.82) is 0 Å². The summed E-state index contributed by atoms with van der Waals surface area (Å²) in [7, 11) is 1.88. The Morgan fingerprint density at radius 3 is 2.76 bits per heavy atom. The molecule has 0 unspecified atom stereocenters. The van der Waals surface area contributed by atoms with E-state index in [2.05, 4.69) is 30.8 Å². The number of fused-ring (bicyclic) bond motifs is 1. The second-order valence-corrected chi connectivity index (χ2v) is 7.64. The molecule has 2 aromatic carbocycles. The number of aryl methyl sites for hydroxylation is 1. The molecule has 0 spiro atoms. The van der Waals surface area contributed by atoms with E-state index in [4.69, 9.17) is 4.42 Å². The minimum absolute atomic E-state index is 0.0396. The van der Waals surface area contributed by atoms with E-state index in [1.165, 1.54) is 12.5 Å². The second-order valence-electron chi connectivity index (χ2n) is 7.64. The van der Waals surface area contributed by atoms with Crippen LogP contribution in [-0.2, 0) is 7.05 Å². The zero-order valence-corrected chi connectivity index (χ0v) is 18.2. The molecule has 3 heterocycles. The minimum Gasteiger partial charge on any atom is -0.423 e. The van der Waals surface area contributed by atoms with Crippen LogP contribution >= 0.6 is 0 Å². The number of anilines is 3. The maximum Gasteiger partial charge on any atom is 0.252 e. The maximum atomic E-state index is 12.1. The van der Waals surface area contributed by atoms with Gasteiger partial charge in [0.25, 0.3) is 5.89 Å². The summed E-state index contributed by atoms with van der Waals surface area (Å²) >= 11 is 0. The lowest BCUT2D eigenvalue weighted by molar-refractivity contribution is 0.276. The molecule has 5 rings (SSSR count). The highest BCUT2D eigenvalue weighted by Gasteiger charge is 2.18. The molecule has 0 saturated carbocycles. The summed E-state index contributed by atoms with van der Waals surface area (Å²) in [4.78, 5) is 21.1. The van der Waals surface area contributed by atoms with Crippen LogP contribution in [0.15, 0.2) is 82.6 Å². The van der Waals surface area contributed by atoms with Crippen molar-refractivity contribution in [2.45, 2.75) is 6.04 Å². The van der Waals surface area contributed by atoms with Gasteiger partial charge < -0.3 is 24.7 Å². The molecule has 0 aliphatic heterocycles. The molecule has 0 fully saturated rings. The van der Waals surface area contributed by atoms with E-state index in [-0.39, 0.29) is 17.9 Å². The smallest absolute Gasteiger partial charge is 0.252 e. The van der Waals surface area contributed by atoms with Gasteiger partial charge in [-0.25, -0.2) is 4.98 Å². The third-order valence-corrected chi connectivity index (χ3v) is 5.42. The molecule has 34 heavy (non-hydrogen) atoms. The number of hydrogen-bond donors (Lipinski definition) is 3. The van der Waals surface area contributed by atoms with Crippen LogP contribution in [0.2, 0.25) is 0 Å². The van der Waals surface area contributed by atoms with E-state index >= 15 is 0 Å². The van der Waals surface area contributed by atoms with E-state index in [1.807, 2.05) is 48.0 Å². The van der Waals surface area contributed by atoms with Gasteiger partial charge in [-0.05, 0) is 23.8 Å². The Labute approximate surface area is 194 Å². The highest BCUT2D eigenvalue weighted by molar-refractivity contribution is 5.83. The van der Waals surface area contributed by atoms with E-state index in [0.717, 1.165) is 11.1 Å². The van der Waals surface area contributed by atoms with E-state index in [9.17, 15) is 9.90 Å². The minimum atomic E-state index is -0.416. The van der Waals surface area contributed by atoms with Crippen molar-refractivity contribution in [3.8, 4) is 11.5 Å². The third-order valence-electron chi connectivity index (χ3n) is 5.42. The largest absolute Gasteiger partial charge is 0.423 e. The Morgan fingerprint density at radius 1 is 1.15 bits per heavy atom. The summed E-state index contributed by atoms with van der Waals surface area (Å²) in [6.07, 6.45) is 4.53. The van der Waals surface area contributed by atoms with Gasteiger partial charge in [-0.2, -0.15) is 4.98 Å². The van der Waals surface area contributed by atoms with E-state index in [0.29, 0.717) is 28.4 Å². The normalized spacial score (nSPS) is 11.9.